The van der Waals surface area contributed by atoms with Gasteiger partial charge in [-0.25, -0.2) is 13.4 Å². The number of benzene rings is 2. The van der Waals surface area contributed by atoms with Crippen LogP contribution in [0.15, 0.2) is 59.8 Å². The molecule has 3 rings (SSSR count). The van der Waals surface area contributed by atoms with Crippen molar-refractivity contribution in [1.82, 2.24) is 9.97 Å². The van der Waals surface area contributed by atoms with Crippen molar-refractivity contribution in [3.05, 3.63) is 54.9 Å². The summed E-state index contributed by atoms with van der Waals surface area (Å²) in [4.78, 5) is 7.28. The number of aromatic amines is 1. The Balaban J connectivity index is 2.04. The number of aromatic nitrogens is 2. The van der Waals surface area contributed by atoms with E-state index >= 15 is 0 Å². The third-order valence-electron chi connectivity index (χ3n) is 2.75. The molecule has 0 radical (unpaired) electrons. The number of sulfonamides is 1. The fourth-order valence-corrected chi connectivity index (χ4v) is 2.94. The van der Waals surface area contributed by atoms with E-state index in [2.05, 4.69) is 14.7 Å². The molecule has 0 spiro atoms. The Labute approximate surface area is 110 Å². The molecule has 5 nitrogen and oxygen atoms in total. The van der Waals surface area contributed by atoms with Gasteiger partial charge in [0.1, 0.15) is 5.52 Å². The lowest BCUT2D eigenvalue weighted by Gasteiger charge is -2.08. The van der Waals surface area contributed by atoms with E-state index in [4.69, 9.17) is 0 Å². The molecule has 0 aliphatic rings. The van der Waals surface area contributed by atoms with Crippen LogP contribution in [0.25, 0.3) is 11.0 Å². The maximum Gasteiger partial charge on any atom is 0.261 e. The average molecular weight is 273 g/mol. The number of nitrogens with zero attached hydrogens (tertiary/aromatic N) is 1. The number of hydrogen-bond acceptors (Lipinski definition) is 3. The Hall–Kier alpha value is -2.34. The van der Waals surface area contributed by atoms with E-state index in [1.807, 2.05) is 6.07 Å². The number of para-hydroxylation sites is 1. The molecule has 0 bridgehead atoms. The van der Waals surface area contributed by atoms with Gasteiger partial charge in [-0.2, -0.15) is 0 Å². The zero-order chi connectivity index (χ0) is 13.3. The topological polar surface area (TPSA) is 74.8 Å². The van der Waals surface area contributed by atoms with Crippen molar-refractivity contribution < 1.29 is 8.42 Å². The second-order valence-corrected chi connectivity index (χ2v) is 5.71. The second kappa shape index (κ2) is 4.40. The van der Waals surface area contributed by atoms with Crippen molar-refractivity contribution in [2.45, 2.75) is 4.90 Å². The van der Waals surface area contributed by atoms with Crippen molar-refractivity contribution in [1.29, 1.82) is 0 Å². The van der Waals surface area contributed by atoms with Gasteiger partial charge in [-0.15, -0.1) is 0 Å². The lowest BCUT2D eigenvalue weighted by Crippen LogP contribution is -2.13. The molecule has 1 aromatic heterocycles. The van der Waals surface area contributed by atoms with E-state index in [1.54, 1.807) is 42.5 Å². The van der Waals surface area contributed by atoms with E-state index in [0.717, 1.165) is 5.52 Å². The highest BCUT2D eigenvalue weighted by molar-refractivity contribution is 7.92. The van der Waals surface area contributed by atoms with Crippen molar-refractivity contribution in [2.24, 2.45) is 0 Å². The van der Waals surface area contributed by atoms with Gasteiger partial charge in [-0.3, -0.25) is 4.72 Å². The van der Waals surface area contributed by atoms with E-state index < -0.39 is 10.0 Å². The molecule has 96 valence electrons. The smallest absolute Gasteiger partial charge is 0.261 e. The minimum Gasteiger partial charge on any atom is -0.345 e. The van der Waals surface area contributed by atoms with E-state index in [9.17, 15) is 8.42 Å². The molecule has 0 amide bonds. The van der Waals surface area contributed by atoms with Crippen molar-refractivity contribution in [3.63, 3.8) is 0 Å². The molecule has 19 heavy (non-hydrogen) atoms. The number of anilines is 1. The zero-order valence-corrected chi connectivity index (χ0v) is 10.7. The van der Waals surface area contributed by atoms with E-state index in [-0.39, 0.29) is 4.90 Å². The molecule has 0 saturated carbocycles. The van der Waals surface area contributed by atoms with Gasteiger partial charge in [-0.1, -0.05) is 24.3 Å². The first-order chi connectivity index (χ1) is 9.17. The first-order valence-corrected chi connectivity index (χ1v) is 7.15. The maximum absolute atomic E-state index is 12.2. The second-order valence-electron chi connectivity index (χ2n) is 4.02. The highest BCUT2D eigenvalue weighted by Gasteiger charge is 2.15. The van der Waals surface area contributed by atoms with Crippen LogP contribution in [0.5, 0.6) is 0 Å². The summed E-state index contributed by atoms with van der Waals surface area (Å²) < 4.78 is 27.0. The largest absolute Gasteiger partial charge is 0.345 e. The standard InChI is InChI=1S/C13H11N3O2S/c17-19(18,10-5-2-1-3-6-10)16-12-8-4-7-11-13(12)15-9-14-11/h1-9,16H,(H,14,15). The first kappa shape index (κ1) is 11.7. The molecule has 0 atom stereocenters. The predicted molar refractivity (Wildman–Crippen MR) is 73.3 cm³/mol. The van der Waals surface area contributed by atoms with Crippen LogP contribution in [0.3, 0.4) is 0 Å². The van der Waals surface area contributed by atoms with Gasteiger partial charge in [0.2, 0.25) is 0 Å². The van der Waals surface area contributed by atoms with Gasteiger partial charge in [0.15, 0.2) is 0 Å². The number of imidazole rings is 1. The zero-order valence-electron chi connectivity index (χ0n) is 9.87. The van der Waals surface area contributed by atoms with Crippen molar-refractivity contribution >= 4 is 26.7 Å². The fraction of sp³-hybridized carbons (Fsp3) is 0. The molecule has 2 N–H and O–H groups in total. The van der Waals surface area contributed by atoms with Crippen LogP contribution in [0.4, 0.5) is 5.69 Å². The number of H-pyrrole nitrogens is 1. The Morgan fingerprint density at radius 2 is 1.79 bits per heavy atom. The van der Waals surface area contributed by atoms with Crippen molar-refractivity contribution in [2.75, 3.05) is 4.72 Å². The Morgan fingerprint density at radius 1 is 1.00 bits per heavy atom. The highest BCUT2D eigenvalue weighted by atomic mass is 32.2. The molecule has 2 aromatic carbocycles. The number of rotatable bonds is 3. The van der Waals surface area contributed by atoms with Gasteiger partial charge >= 0.3 is 0 Å². The van der Waals surface area contributed by atoms with Gasteiger partial charge < -0.3 is 4.98 Å². The third-order valence-corrected chi connectivity index (χ3v) is 4.13. The summed E-state index contributed by atoms with van der Waals surface area (Å²) >= 11 is 0. The normalized spacial score (nSPS) is 11.6. The van der Waals surface area contributed by atoms with Crippen LogP contribution in [0.1, 0.15) is 0 Å². The minimum atomic E-state index is -3.59. The Morgan fingerprint density at radius 3 is 2.58 bits per heavy atom. The summed E-state index contributed by atoms with van der Waals surface area (Å²) in [6.45, 7) is 0. The average Bonchev–Trinajstić information content (AvgIpc) is 2.89. The molecule has 0 aliphatic heterocycles. The summed E-state index contributed by atoms with van der Waals surface area (Å²) in [5.41, 5.74) is 1.85. The van der Waals surface area contributed by atoms with E-state index in [0.29, 0.717) is 11.2 Å². The lowest BCUT2D eigenvalue weighted by atomic mass is 10.3. The quantitative estimate of drug-likeness (QED) is 0.769. The molecule has 0 aliphatic carbocycles. The fourth-order valence-electron chi connectivity index (χ4n) is 1.85. The maximum atomic E-state index is 12.2. The van der Waals surface area contributed by atoms with Crippen LogP contribution >= 0.6 is 0 Å². The van der Waals surface area contributed by atoms with Crippen molar-refractivity contribution in [3.8, 4) is 0 Å². The summed E-state index contributed by atoms with van der Waals surface area (Å²) in [5, 5.41) is 0. The van der Waals surface area contributed by atoms with Crippen LogP contribution < -0.4 is 4.72 Å². The Bertz CT molecular complexity index is 810. The number of nitrogens with one attached hydrogen (secondary N) is 2. The monoisotopic (exact) mass is 273 g/mol. The van der Waals surface area contributed by atoms with Gasteiger partial charge in [0.25, 0.3) is 10.0 Å². The molecule has 0 fully saturated rings. The number of hydrogen-bond donors (Lipinski definition) is 2. The lowest BCUT2D eigenvalue weighted by molar-refractivity contribution is 0.601. The van der Waals surface area contributed by atoms with Crippen LogP contribution in [-0.4, -0.2) is 18.4 Å². The summed E-state index contributed by atoms with van der Waals surface area (Å²) in [7, 11) is -3.59. The van der Waals surface area contributed by atoms with Crippen LogP contribution in [0, 0.1) is 0 Å². The molecule has 1 heterocycles. The van der Waals surface area contributed by atoms with Crippen LogP contribution in [0.2, 0.25) is 0 Å². The molecule has 0 unspecified atom stereocenters. The van der Waals surface area contributed by atoms with E-state index in [1.165, 1.54) is 6.33 Å². The SMILES string of the molecule is O=S(=O)(Nc1cccc2[nH]cnc12)c1ccccc1. The highest BCUT2D eigenvalue weighted by Crippen LogP contribution is 2.22. The molecular formula is C13H11N3O2S. The summed E-state index contributed by atoms with van der Waals surface area (Å²) in [5.74, 6) is 0. The summed E-state index contributed by atoms with van der Waals surface area (Å²) in [6, 6.07) is 13.5. The molecule has 3 aromatic rings. The molecule has 6 heteroatoms. The first-order valence-electron chi connectivity index (χ1n) is 5.67. The predicted octanol–water partition coefficient (Wildman–Crippen LogP) is 2.36. The van der Waals surface area contributed by atoms with Gasteiger partial charge in [-0.05, 0) is 24.3 Å². The van der Waals surface area contributed by atoms with Gasteiger partial charge in [0, 0.05) is 0 Å². The Kier molecular flexibility index (Phi) is 2.72. The minimum absolute atomic E-state index is 0.225. The molecule has 0 saturated heterocycles. The summed E-state index contributed by atoms with van der Waals surface area (Å²) in [6.07, 6.45) is 1.53. The third kappa shape index (κ3) is 2.17. The molecular weight excluding hydrogens is 262 g/mol. The number of fused-ring (bicyclic) bond motifs is 1. The van der Waals surface area contributed by atoms with Crippen LogP contribution in [-0.2, 0) is 10.0 Å². The van der Waals surface area contributed by atoms with Gasteiger partial charge in [0.05, 0.1) is 22.4 Å².